The quantitative estimate of drug-likeness (QED) is 0.613. The lowest BCUT2D eigenvalue weighted by Crippen LogP contribution is -2.18. The van der Waals surface area contributed by atoms with Crippen LogP contribution in [0.1, 0.15) is 13.3 Å². The van der Waals surface area contributed by atoms with Gasteiger partial charge < -0.3 is 10.1 Å². The number of hydrogen-bond acceptors (Lipinski definition) is 8. The van der Waals surface area contributed by atoms with Crippen LogP contribution in [0.3, 0.4) is 0 Å². The van der Waals surface area contributed by atoms with Crippen molar-refractivity contribution in [3.05, 3.63) is 23.3 Å². The Labute approximate surface area is 106 Å². The highest BCUT2D eigenvalue weighted by atomic mass is 32.1. The third-order valence-corrected chi connectivity index (χ3v) is 2.50. The van der Waals surface area contributed by atoms with Crippen molar-refractivity contribution in [3.8, 4) is 6.01 Å². The number of esters is 1. The summed E-state index contributed by atoms with van der Waals surface area (Å²) in [7, 11) is 0. The number of aromatic nitrogens is 5. The Morgan fingerprint density at radius 1 is 1.67 bits per heavy atom. The number of allylic oxidation sites excluding steroid dienone is 1. The van der Waals surface area contributed by atoms with Crippen LogP contribution in [-0.2, 0) is 4.79 Å². The summed E-state index contributed by atoms with van der Waals surface area (Å²) in [5.74, 6) is -0.589. The monoisotopic (exact) mass is 266 g/mol. The summed E-state index contributed by atoms with van der Waals surface area (Å²) in [5.41, 5.74) is 0.289. The lowest BCUT2D eigenvalue weighted by Gasteiger charge is -2.05. The van der Waals surface area contributed by atoms with E-state index < -0.39 is 5.97 Å². The topological polar surface area (TPSA) is 106 Å². The van der Waals surface area contributed by atoms with Crippen LogP contribution < -0.4 is 10.1 Å². The summed E-state index contributed by atoms with van der Waals surface area (Å²) in [6.07, 6.45) is 4.01. The maximum Gasteiger partial charge on any atom is 0.363 e. The number of rotatable bonds is 5. The fourth-order valence-electron chi connectivity index (χ4n) is 1.12. The van der Waals surface area contributed by atoms with Crippen LogP contribution in [0.5, 0.6) is 6.01 Å². The molecule has 18 heavy (non-hydrogen) atoms. The Bertz CT molecular complexity index is 521. The molecule has 0 amide bonds. The number of thiazole rings is 1. The van der Waals surface area contributed by atoms with Crippen molar-refractivity contribution in [3.63, 3.8) is 0 Å². The number of anilines is 1. The van der Waals surface area contributed by atoms with Gasteiger partial charge >= 0.3 is 12.0 Å². The second-order valence-corrected chi connectivity index (χ2v) is 3.97. The van der Waals surface area contributed by atoms with Gasteiger partial charge in [0.25, 0.3) is 0 Å². The molecule has 0 fully saturated rings. The predicted octanol–water partition coefficient (Wildman–Crippen LogP) is 0.968. The normalized spacial score (nSPS) is 11.3. The molecule has 0 spiro atoms. The van der Waals surface area contributed by atoms with Crippen molar-refractivity contribution >= 4 is 22.4 Å². The number of carbonyl (C=O) groups excluding carboxylic acids is 1. The van der Waals surface area contributed by atoms with Crippen molar-refractivity contribution in [2.45, 2.75) is 13.3 Å². The molecule has 0 bridgehead atoms. The van der Waals surface area contributed by atoms with E-state index in [1.165, 1.54) is 11.3 Å². The van der Waals surface area contributed by atoms with E-state index in [0.717, 1.165) is 0 Å². The lowest BCUT2D eigenvalue weighted by atomic mass is 10.3. The minimum atomic E-state index is -0.589. The molecule has 0 saturated heterocycles. The SMILES string of the molecule is CCC=C(Nc1nccs1)C(=O)Oc1nn[nH]n1. The predicted molar refractivity (Wildman–Crippen MR) is 63.9 cm³/mol. The van der Waals surface area contributed by atoms with Gasteiger partial charge in [0.2, 0.25) is 0 Å². The Morgan fingerprint density at radius 3 is 3.17 bits per heavy atom. The van der Waals surface area contributed by atoms with Crippen molar-refractivity contribution in [1.82, 2.24) is 25.6 Å². The van der Waals surface area contributed by atoms with Gasteiger partial charge in [-0.25, -0.2) is 9.78 Å². The molecule has 2 heterocycles. The van der Waals surface area contributed by atoms with Gasteiger partial charge in [-0.05, 0) is 11.6 Å². The molecule has 0 radical (unpaired) electrons. The first-order valence-corrected chi connectivity index (χ1v) is 6.00. The van der Waals surface area contributed by atoms with E-state index in [4.69, 9.17) is 4.74 Å². The molecule has 0 aliphatic heterocycles. The number of aromatic amines is 1. The van der Waals surface area contributed by atoms with Crippen LogP contribution in [-0.4, -0.2) is 31.6 Å². The van der Waals surface area contributed by atoms with E-state index in [1.54, 1.807) is 17.7 Å². The molecule has 2 aromatic rings. The Hall–Kier alpha value is -2.29. The zero-order valence-corrected chi connectivity index (χ0v) is 10.3. The van der Waals surface area contributed by atoms with Crippen LogP contribution in [0.4, 0.5) is 5.13 Å². The standard InChI is InChI=1S/C9H10N6O2S/c1-2-3-6(11-9-10-4-5-18-9)7(16)17-8-12-14-15-13-8/h3-5H,2H2,1H3,(H,10,11)(H,12,13,14,15). The van der Waals surface area contributed by atoms with Crippen molar-refractivity contribution in [2.24, 2.45) is 0 Å². The first kappa shape index (κ1) is 12.2. The molecule has 94 valence electrons. The van der Waals surface area contributed by atoms with Crippen LogP contribution in [0.2, 0.25) is 0 Å². The molecule has 0 unspecified atom stereocenters. The summed E-state index contributed by atoms with van der Waals surface area (Å²) >= 11 is 1.38. The summed E-state index contributed by atoms with van der Waals surface area (Å²) in [6, 6.07) is -0.122. The zero-order chi connectivity index (χ0) is 12.8. The van der Waals surface area contributed by atoms with Crippen molar-refractivity contribution in [2.75, 3.05) is 5.32 Å². The first-order chi connectivity index (χ1) is 8.79. The minimum Gasteiger partial charge on any atom is -0.384 e. The zero-order valence-electron chi connectivity index (χ0n) is 9.45. The number of H-pyrrole nitrogens is 1. The maximum absolute atomic E-state index is 11.8. The van der Waals surface area contributed by atoms with Gasteiger partial charge in [0.15, 0.2) is 5.13 Å². The fraction of sp³-hybridized carbons (Fsp3) is 0.222. The third kappa shape index (κ3) is 3.10. The molecule has 2 aromatic heterocycles. The van der Waals surface area contributed by atoms with Crippen molar-refractivity contribution in [1.29, 1.82) is 0 Å². The van der Waals surface area contributed by atoms with Gasteiger partial charge in [0.1, 0.15) is 5.70 Å². The van der Waals surface area contributed by atoms with E-state index in [0.29, 0.717) is 11.6 Å². The highest BCUT2D eigenvalue weighted by Gasteiger charge is 2.15. The number of hydrogen-bond donors (Lipinski definition) is 2. The van der Waals surface area contributed by atoms with E-state index in [2.05, 4.69) is 30.9 Å². The highest BCUT2D eigenvalue weighted by Crippen LogP contribution is 2.14. The average Bonchev–Trinajstić information content (AvgIpc) is 3.01. The largest absolute Gasteiger partial charge is 0.384 e. The fourth-order valence-corrected chi connectivity index (χ4v) is 1.66. The summed E-state index contributed by atoms with van der Waals surface area (Å²) in [4.78, 5) is 15.9. The smallest absolute Gasteiger partial charge is 0.363 e. The first-order valence-electron chi connectivity index (χ1n) is 5.12. The van der Waals surface area contributed by atoms with Crippen LogP contribution in [0.15, 0.2) is 23.3 Å². The molecule has 8 nitrogen and oxygen atoms in total. The maximum atomic E-state index is 11.8. The molecule has 9 heteroatoms. The molecule has 0 saturated carbocycles. The third-order valence-electron chi connectivity index (χ3n) is 1.81. The number of nitrogens with one attached hydrogen (secondary N) is 2. The van der Waals surface area contributed by atoms with Gasteiger partial charge in [-0.15, -0.1) is 11.3 Å². The van der Waals surface area contributed by atoms with Gasteiger partial charge in [-0.3, -0.25) is 0 Å². The van der Waals surface area contributed by atoms with E-state index >= 15 is 0 Å². The second kappa shape index (κ2) is 5.87. The van der Waals surface area contributed by atoms with Gasteiger partial charge in [0.05, 0.1) is 0 Å². The Morgan fingerprint density at radius 2 is 2.56 bits per heavy atom. The number of ether oxygens (including phenoxy) is 1. The highest BCUT2D eigenvalue weighted by molar-refractivity contribution is 7.13. The van der Waals surface area contributed by atoms with E-state index in [-0.39, 0.29) is 11.7 Å². The molecule has 0 atom stereocenters. The summed E-state index contributed by atoms with van der Waals surface area (Å²) < 4.78 is 4.91. The van der Waals surface area contributed by atoms with Crippen LogP contribution in [0, 0.1) is 0 Å². The molecule has 0 aromatic carbocycles. The van der Waals surface area contributed by atoms with Crippen LogP contribution in [0.25, 0.3) is 0 Å². The number of carbonyl (C=O) groups is 1. The Balaban J connectivity index is 2.05. The van der Waals surface area contributed by atoms with Crippen molar-refractivity contribution < 1.29 is 9.53 Å². The minimum absolute atomic E-state index is 0.122. The number of nitrogens with zero attached hydrogens (tertiary/aromatic N) is 4. The molecule has 2 N–H and O–H groups in total. The summed E-state index contributed by atoms with van der Waals surface area (Å²) in [5, 5.41) is 17.9. The Kier molecular flexibility index (Phi) is 3.97. The molecular weight excluding hydrogens is 256 g/mol. The molecular formula is C9H10N6O2S. The second-order valence-electron chi connectivity index (χ2n) is 3.07. The number of tetrazole rings is 1. The lowest BCUT2D eigenvalue weighted by molar-refractivity contribution is -0.130. The van der Waals surface area contributed by atoms with Gasteiger partial charge in [-0.1, -0.05) is 23.2 Å². The average molecular weight is 266 g/mol. The molecule has 2 rings (SSSR count). The van der Waals surface area contributed by atoms with Gasteiger partial charge in [-0.2, -0.15) is 5.21 Å². The molecule has 0 aliphatic carbocycles. The van der Waals surface area contributed by atoms with Gasteiger partial charge in [0, 0.05) is 11.6 Å². The van der Waals surface area contributed by atoms with Crippen LogP contribution >= 0.6 is 11.3 Å². The van der Waals surface area contributed by atoms with E-state index in [9.17, 15) is 4.79 Å². The van der Waals surface area contributed by atoms with E-state index in [1.807, 2.05) is 6.92 Å². The molecule has 0 aliphatic rings. The summed E-state index contributed by atoms with van der Waals surface area (Å²) in [6.45, 7) is 1.91.